The minimum atomic E-state index is -0.293. The Labute approximate surface area is 115 Å². The van der Waals surface area contributed by atoms with Crippen LogP contribution < -0.4 is 10.1 Å². The SMILES string of the molecule is C=CC(=O)Nc1cc2oc3ccccc3c2cc1OC. The predicted octanol–water partition coefficient (Wildman–Crippen LogP) is 3.72. The van der Waals surface area contributed by atoms with E-state index in [1.54, 1.807) is 13.2 Å². The summed E-state index contributed by atoms with van der Waals surface area (Å²) >= 11 is 0. The third kappa shape index (κ3) is 1.91. The van der Waals surface area contributed by atoms with Crippen LogP contribution in [0.4, 0.5) is 5.69 Å². The molecule has 0 saturated carbocycles. The van der Waals surface area contributed by atoms with Crippen molar-refractivity contribution in [1.82, 2.24) is 0 Å². The van der Waals surface area contributed by atoms with Crippen molar-refractivity contribution in [3.05, 3.63) is 49.1 Å². The number of carbonyl (C=O) groups is 1. The molecule has 0 radical (unpaired) electrons. The van der Waals surface area contributed by atoms with Crippen molar-refractivity contribution in [2.24, 2.45) is 0 Å². The van der Waals surface area contributed by atoms with Crippen LogP contribution in [0.15, 0.2) is 53.5 Å². The van der Waals surface area contributed by atoms with Crippen molar-refractivity contribution in [2.45, 2.75) is 0 Å². The smallest absolute Gasteiger partial charge is 0.247 e. The van der Waals surface area contributed by atoms with Gasteiger partial charge in [-0.2, -0.15) is 0 Å². The van der Waals surface area contributed by atoms with Crippen LogP contribution in [0.25, 0.3) is 21.9 Å². The van der Waals surface area contributed by atoms with E-state index in [2.05, 4.69) is 11.9 Å². The molecule has 2 aromatic carbocycles. The predicted molar refractivity (Wildman–Crippen MR) is 79.1 cm³/mol. The number of para-hydroxylation sites is 1. The van der Waals surface area contributed by atoms with Gasteiger partial charge in [0.15, 0.2) is 0 Å². The molecule has 100 valence electrons. The van der Waals surface area contributed by atoms with Gasteiger partial charge in [-0.05, 0) is 18.2 Å². The molecule has 0 unspecified atom stereocenters. The lowest BCUT2D eigenvalue weighted by molar-refractivity contribution is -0.111. The van der Waals surface area contributed by atoms with Gasteiger partial charge in [-0.25, -0.2) is 0 Å². The molecule has 3 aromatic rings. The van der Waals surface area contributed by atoms with Crippen molar-refractivity contribution >= 4 is 33.5 Å². The summed E-state index contributed by atoms with van der Waals surface area (Å²) in [5, 5.41) is 4.67. The summed E-state index contributed by atoms with van der Waals surface area (Å²) in [6.45, 7) is 3.43. The highest BCUT2D eigenvalue weighted by Gasteiger charge is 2.12. The summed E-state index contributed by atoms with van der Waals surface area (Å²) in [6.07, 6.45) is 1.21. The Hall–Kier alpha value is -2.75. The number of fused-ring (bicyclic) bond motifs is 3. The van der Waals surface area contributed by atoms with Crippen molar-refractivity contribution in [1.29, 1.82) is 0 Å². The number of ether oxygens (including phenoxy) is 1. The fourth-order valence-corrected chi connectivity index (χ4v) is 2.20. The maximum Gasteiger partial charge on any atom is 0.247 e. The zero-order chi connectivity index (χ0) is 14.1. The zero-order valence-electron chi connectivity index (χ0n) is 11.0. The van der Waals surface area contributed by atoms with Crippen molar-refractivity contribution < 1.29 is 13.9 Å². The lowest BCUT2D eigenvalue weighted by atomic mass is 10.1. The minimum Gasteiger partial charge on any atom is -0.495 e. The Morgan fingerprint density at radius 1 is 1.25 bits per heavy atom. The molecule has 0 fully saturated rings. The van der Waals surface area contributed by atoms with Gasteiger partial charge in [-0.3, -0.25) is 4.79 Å². The highest BCUT2D eigenvalue weighted by Crippen LogP contribution is 2.36. The van der Waals surface area contributed by atoms with E-state index < -0.39 is 0 Å². The van der Waals surface area contributed by atoms with E-state index in [4.69, 9.17) is 9.15 Å². The molecule has 1 aromatic heterocycles. The Bertz CT molecular complexity index is 817. The highest BCUT2D eigenvalue weighted by molar-refractivity contribution is 6.08. The number of furan rings is 1. The molecule has 0 saturated heterocycles. The lowest BCUT2D eigenvalue weighted by Gasteiger charge is -2.08. The first-order valence-corrected chi connectivity index (χ1v) is 6.15. The van der Waals surface area contributed by atoms with E-state index in [0.717, 1.165) is 16.4 Å². The molecule has 0 atom stereocenters. The maximum atomic E-state index is 11.4. The van der Waals surface area contributed by atoms with Gasteiger partial charge in [0.1, 0.15) is 16.9 Å². The number of anilines is 1. The molecule has 0 spiro atoms. The molecule has 4 heteroatoms. The van der Waals surface area contributed by atoms with Crippen LogP contribution in [-0.2, 0) is 4.79 Å². The van der Waals surface area contributed by atoms with E-state index in [1.165, 1.54) is 6.08 Å². The number of hydrogen-bond acceptors (Lipinski definition) is 3. The number of rotatable bonds is 3. The van der Waals surface area contributed by atoms with Crippen LogP contribution in [0.5, 0.6) is 5.75 Å². The van der Waals surface area contributed by atoms with Gasteiger partial charge in [0.2, 0.25) is 5.91 Å². The number of amides is 1. The molecule has 1 amide bonds. The Balaban J connectivity index is 2.24. The van der Waals surface area contributed by atoms with Gasteiger partial charge in [0.25, 0.3) is 0 Å². The lowest BCUT2D eigenvalue weighted by Crippen LogP contribution is -2.08. The van der Waals surface area contributed by atoms with Gasteiger partial charge < -0.3 is 14.5 Å². The number of methoxy groups -OCH3 is 1. The van der Waals surface area contributed by atoms with E-state index >= 15 is 0 Å². The van der Waals surface area contributed by atoms with Gasteiger partial charge in [0.05, 0.1) is 12.8 Å². The minimum absolute atomic E-state index is 0.293. The summed E-state index contributed by atoms with van der Waals surface area (Å²) in [4.78, 5) is 11.4. The van der Waals surface area contributed by atoms with E-state index in [0.29, 0.717) is 17.0 Å². The third-order valence-electron chi connectivity index (χ3n) is 3.14. The second-order valence-electron chi connectivity index (χ2n) is 4.34. The van der Waals surface area contributed by atoms with Gasteiger partial charge in [-0.1, -0.05) is 24.8 Å². The first-order chi connectivity index (χ1) is 9.72. The van der Waals surface area contributed by atoms with Gasteiger partial charge >= 0.3 is 0 Å². The number of carbonyl (C=O) groups excluding carboxylic acids is 1. The Kier molecular flexibility index (Phi) is 2.91. The van der Waals surface area contributed by atoms with E-state index in [-0.39, 0.29) is 5.91 Å². The van der Waals surface area contributed by atoms with Crippen molar-refractivity contribution in [3.8, 4) is 5.75 Å². The van der Waals surface area contributed by atoms with E-state index in [1.807, 2.05) is 30.3 Å². The second kappa shape index (κ2) is 4.74. The standard InChI is InChI=1S/C16H13NO3/c1-3-16(18)17-12-9-14-11(8-15(12)19-2)10-6-4-5-7-13(10)20-14/h3-9H,1H2,2H3,(H,17,18). The third-order valence-corrected chi connectivity index (χ3v) is 3.14. The topological polar surface area (TPSA) is 51.5 Å². The Morgan fingerprint density at radius 3 is 2.80 bits per heavy atom. The van der Waals surface area contributed by atoms with Crippen LogP contribution in [0.1, 0.15) is 0 Å². The Morgan fingerprint density at radius 2 is 2.05 bits per heavy atom. The van der Waals surface area contributed by atoms with E-state index in [9.17, 15) is 4.79 Å². The molecular formula is C16H13NO3. The second-order valence-corrected chi connectivity index (χ2v) is 4.34. The number of benzene rings is 2. The average Bonchev–Trinajstić information content (AvgIpc) is 2.83. The summed E-state index contributed by atoms with van der Waals surface area (Å²) in [5.41, 5.74) is 2.06. The van der Waals surface area contributed by atoms with Crippen LogP contribution >= 0.6 is 0 Å². The first kappa shape index (κ1) is 12.3. The number of nitrogens with one attached hydrogen (secondary N) is 1. The summed E-state index contributed by atoms with van der Waals surface area (Å²) in [6, 6.07) is 11.4. The highest BCUT2D eigenvalue weighted by atomic mass is 16.5. The number of hydrogen-bond donors (Lipinski definition) is 1. The van der Waals surface area contributed by atoms with Crippen molar-refractivity contribution in [2.75, 3.05) is 12.4 Å². The average molecular weight is 267 g/mol. The van der Waals surface area contributed by atoms with Crippen LogP contribution in [0.3, 0.4) is 0 Å². The molecule has 0 aliphatic heterocycles. The largest absolute Gasteiger partial charge is 0.495 e. The monoisotopic (exact) mass is 267 g/mol. The quantitative estimate of drug-likeness (QED) is 0.736. The van der Waals surface area contributed by atoms with Gasteiger partial charge in [0, 0.05) is 16.8 Å². The van der Waals surface area contributed by atoms with Crippen LogP contribution in [0.2, 0.25) is 0 Å². The van der Waals surface area contributed by atoms with Crippen LogP contribution in [0, 0.1) is 0 Å². The molecule has 3 rings (SSSR count). The molecule has 1 N–H and O–H groups in total. The molecule has 0 bridgehead atoms. The molecule has 0 aliphatic carbocycles. The fourth-order valence-electron chi connectivity index (χ4n) is 2.20. The zero-order valence-corrected chi connectivity index (χ0v) is 11.0. The van der Waals surface area contributed by atoms with Crippen molar-refractivity contribution in [3.63, 3.8) is 0 Å². The van der Waals surface area contributed by atoms with Crippen LogP contribution in [-0.4, -0.2) is 13.0 Å². The molecule has 1 heterocycles. The molecule has 0 aliphatic rings. The molecular weight excluding hydrogens is 254 g/mol. The molecule has 4 nitrogen and oxygen atoms in total. The normalized spacial score (nSPS) is 10.7. The fraction of sp³-hybridized carbons (Fsp3) is 0.0625. The summed E-state index contributed by atoms with van der Waals surface area (Å²) in [5.74, 6) is 0.290. The van der Waals surface area contributed by atoms with Gasteiger partial charge in [-0.15, -0.1) is 0 Å². The summed E-state index contributed by atoms with van der Waals surface area (Å²) < 4.78 is 11.1. The summed E-state index contributed by atoms with van der Waals surface area (Å²) in [7, 11) is 1.56. The molecule has 20 heavy (non-hydrogen) atoms. The first-order valence-electron chi connectivity index (χ1n) is 6.15. The maximum absolute atomic E-state index is 11.4.